The average Bonchev–Trinajstić information content (AvgIpc) is 2.65. The molecule has 0 aromatic heterocycles. The first-order valence-electron chi connectivity index (χ1n) is 8.06. The number of carboxylic acids is 1. The number of nitrogens with one attached hydrogen (secondary N) is 1. The zero-order valence-electron chi connectivity index (χ0n) is 14.7. The van der Waals surface area contributed by atoms with Crippen LogP contribution in [0.15, 0.2) is 42.5 Å². The zero-order valence-corrected chi connectivity index (χ0v) is 14.7. The van der Waals surface area contributed by atoms with Crippen LogP contribution in [0.3, 0.4) is 0 Å². The maximum atomic E-state index is 12.4. The number of hydrogen-bond donors (Lipinski definition) is 2. The minimum Gasteiger partial charge on any atom is -0.497 e. The summed E-state index contributed by atoms with van der Waals surface area (Å²) in [5, 5.41) is 11.5. The zero-order chi connectivity index (χ0) is 18.9. The van der Waals surface area contributed by atoms with Gasteiger partial charge in [0, 0.05) is 12.1 Å². The summed E-state index contributed by atoms with van der Waals surface area (Å²) >= 11 is 0. The van der Waals surface area contributed by atoms with Gasteiger partial charge in [-0.3, -0.25) is 4.79 Å². The molecule has 26 heavy (non-hydrogen) atoms. The van der Waals surface area contributed by atoms with E-state index < -0.39 is 12.6 Å². The molecule has 0 unspecified atom stereocenters. The van der Waals surface area contributed by atoms with Gasteiger partial charge in [-0.25, -0.2) is 4.79 Å². The summed E-state index contributed by atoms with van der Waals surface area (Å²) in [6.07, 6.45) is 0. The quantitative estimate of drug-likeness (QED) is 0.714. The molecule has 1 amide bonds. The third-order valence-electron chi connectivity index (χ3n) is 3.44. The van der Waals surface area contributed by atoms with Gasteiger partial charge in [0.2, 0.25) is 0 Å². The van der Waals surface area contributed by atoms with Gasteiger partial charge in [0.15, 0.2) is 18.1 Å². The number of aliphatic carboxylic acids is 1. The highest BCUT2D eigenvalue weighted by Gasteiger charge is 2.12. The normalized spacial score (nSPS) is 10.1. The Labute approximate surface area is 151 Å². The molecular weight excluding hydrogens is 338 g/mol. The molecule has 0 saturated heterocycles. The lowest BCUT2D eigenvalue weighted by atomic mass is 10.1. The van der Waals surface area contributed by atoms with E-state index in [1.807, 2.05) is 24.3 Å². The molecule has 0 aliphatic carbocycles. The highest BCUT2D eigenvalue weighted by Crippen LogP contribution is 2.28. The number of hydrogen-bond acceptors (Lipinski definition) is 5. The highest BCUT2D eigenvalue weighted by atomic mass is 16.5. The van der Waals surface area contributed by atoms with Crippen LogP contribution in [0.25, 0.3) is 0 Å². The van der Waals surface area contributed by atoms with Gasteiger partial charge in [0.25, 0.3) is 5.91 Å². The lowest BCUT2D eigenvalue weighted by molar-refractivity contribution is -0.139. The lowest BCUT2D eigenvalue weighted by Crippen LogP contribution is -2.23. The SMILES string of the molecule is CCOc1cc(C(=O)NCc2cccc(OC)c2)ccc1OCC(=O)O. The van der Waals surface area contributed by atoms with Crippen LogP contribution < -0.4 is 19.5 Å². The number of methoxy groups -OCH3 is 1. The summed E-state index contributed by atoms with van der Waals surface area (Å²) in [7, 11) is 1.58. The molecule has 0 aliphatic rings. The van der Waals surface area contributed by atoms with Crippen LogP contribution in [0.4, 0.5) is 0 Å². The largest absolute Gasteiger partial charge is 0.497 e. The average molecular weight is 359 g/mol. The second-order valence-corrected chi connectivity index (χ2v) is 5.31. The van der Waals surface area contributed by atoms with Crippen molar-refractivity contribution in [2.75, 3.05) is 20.3 Å². The number of amides is 1. The molecule has 0 fully saturated rings. The van der Waals surface area contributed by atoms with Crippen molar-refractivity contribution in [2.45, 2.75) is 13.5 Å². The van der Waals surface area contributed by atoms with Gasteiger partial charge in [-0.15, -0.1) is 0 Å². The van der Waals surface area contributed by atoms with Crippen LogP contribution in [0.5, 0.6) is 17.2 Å². The summed E-state index contributed by atoms with van der Waals surface area (Å²) in [5.74, 6) is -0.0530. The van der Waals surface area contributed by atoms with Crippen molar-refractivity contribution < 1.29 is 28.9 Å². The van der Waals surface area contributed by atoms with Gasteiger partial charge < -0.3 is 24.6 Å². The predicted octanol–water partition coefficient (Wildman–Crippen LogP) is 2.49. The van der Waals surface area contributed by atoms with E-state index in [0.717, 1.165) is 11.3 Å². The van der Waals surface area contributed by atoms with Crippen LogP contribution in [0.1, 0.15) is 22.8 Å². The van der Waals surface area contributed by atoms with E-state index in [1.165, 1.54) is 12.1 Å². The fourth-order valence-electron chi connectivity index (χ4n) is 2.24. The number of carbonyl (C=O) groups is 2. The fraction of sp³-hybridized carbons (Fsp3) is 0.263. The van der Waals surface area contributed by atoms with Gasteiger partial charge in [0.05, 0.1) is 13.7 Å². The Morgan fingerprint density at radius 2 is 1.88 bits per heavy atom. The maximum Gasteiger partial charge on any atom is 0.341 e. The summed E-state index contributed by atoms with van der Waals surface area (Å²) in [6.45, 7) is 2.01. The van der Waals surface area contributed by atoms with E-state index >= 15 is 0 Å². The molecule has 2 aromatic rings. The molecule has 2 rings (SSSR count). The predicted molar refractivity (Wildman–Crippen MR) is 94.9 cm³/mol. The van der Waals surface area contributed by atoms with Crippen molar-refractivity contribution in [3.05, 3.63) is 53.6 Å². The van der Waals surface area contributed by atoms with Gasteiger partial charge >= 0.3 is 5.97 Å². The molecule has 2 aromatic carbocycles. The molecule has 0 bridgehead atoms. The smallest absolute Gasteiger partial charge is 0.341 e. The van der Waals surface area contributed by atoms with E-state index in [1.54, 1.807) is 20.1 Å². The monoisotopic (exact) mass is 359 g/mol. The molecule has 2 N–H and O–H groups in total. The van der Waals surface area contributed by atoms with Crippen LogP contribution in [0, 0.1) is 0 Å². The molecule has 0 spiro atoms. The topological polar surface area (TPSA) is 94.1 Å². The summed E-state index contributed by atoms with van der Waals surface area (Å²) in [4.78, 5) is 23.0. The highest BCUT2D eigenvalue weighted by molar-refractivity contribution is 5.94. The third kappa shape index (κ3) is 5.41. The van der Waals surface area contributed by atoms with Gasteiger partial charge in [-0.1, -0.05) is 12.1 Å². The molecule has 0 atom stereocenters. The Morgan fingerprint density at radius 3 is 2.58 bits per heavy atom. The third-order valence-corrected chi connectivity index (χ3v) is 3.44. The minimum atomic E-state index is -1.09. The molecule has 0 saturated carbocycles. The van der Waals surface area contributed by atoms with E-state index in [0.29, 0.717) is 24.5 Å². The maximum absolute atomic E-state index is 12.4. The Bertz CT molecular complexity index is 774. The van der Waals surface area contributed by atoms with Crippen LogP contribution >= 0.6 is 0 Å². The summed E-state index contributed by atoms with van der Waals surface area (Å²) in [6, 6.07) is 12.0. The van der Waals surface area contributed by atoms with Crippen LogP contribution in [-0.2, 0) is 11.3 Å². The summed E-state index contributed by atoms with van der Waals surface area (Å²) < 4.78 is 15.8. The van der Waals surface area contributed by atoms with Crippen molar-refractivity contribution in [1.29, 1.82) is 0 Å². The van der Waals surface area contributed by atoms with E-state index in [9.17, 15) is 9.59 Å². The second kappa shape index (κ2) is 9.31. The second-order valence-electron chi connectivity index (χ2n) is 5.31. The van der Waals surface area contributed by atoms with Crippen molar-refractivity contribution in [1.82, 2.24) is 5.32 Å². The van der Waals surface area contributed by atoms with Crippen LogP contribution in [0.2, 0.25) is 0 Å². The number of carbonyl (C=O) groups excluding carboxylic acids is 1. The van der Waals surface area contributed by atoms with Gasteiger partial charge in [-0.05, 0) is 42.8 Å². The standard InChI is InChI=1S/C19H21NO6/c1-3-25-17-10-14(7-8-16(17)26-12-18(21)22)19(23)20-11-13-5-4-6-15(9-13)24-2/h4-10H,3,11-12H2,1-2H3,(H,20,23)(H,21,22). The molecule has 138 valence electrons. The van der Waals surface area contributed by atoms with Crippen molar-refractivity contribution in [2.24, 2.45) is 0 Å². The van der Waals surface area contributed by atoms with Crippen LogP contribution in [-0.4, -0.2) is 37.3 Å². The van der Waals surface area contributed by atoms with E-state index in [2.05, 4.69) is 5.32 Å². The Hall–Kier alpha value is -3.22. The van der Waals surface area contributed by atoms with E-state index in [4.69, 9.17) is 19.3 Å². The molecule has 0 radical (unpaired) electrons. The summed E-state index contributed by atoms with van der Waals surface area (Å²) in [5.41, 5.74) is 1.29. The minimum absolute atomic E-state index is 0.276. The van der Waals surface area contributed by atoms with Crippen molar-refractivity contribution in [3.8, 4) is 17.2 Å². The first-order valence-corrected chi connectivity index (χ1v) is 8.06. The molecular formula is C19H21NO6. The van der Waals surface area contributed by atoms with Crippen molar-refractivity contribution >= 4 is 11.9 Å². The van der Waals surface area contributed by atoms with E-state index in [-0.39, 0.29) is 11.7 Å². The Balaban J connectivity index is 2.07. The first-order chi connectivity index (χ1) is 12.5. The molecule has 0 aliphatic heterocycles. The lowest BCUT2D eigenvalue weighted by Gasteiger charge is -2.12. The number of benzene rings is 2. The number of rotatable bonds is 9. The fourth-order valence-corrected chi connectivity index (χ4v) is 2.24. The van der Waals surface area contributed by atoms with Gasteiger partial charge in [-0.2, -0.15) is 0 Å². The first kappa shape index (κ1) is 19.1. The number of ether oxygens (including phenoxy) is 3. The Kier molecular flexibility index (Phi) is 6.84. The molecule has 7 heteroatoms. The molecule has 0 heterocycles. The molecule has 7 nitrogen and oxygen atoms in total. The number of carboxylic acid groups (broad SMARTS) is 1. The van der Waals surface area contributed by atoms with Crippen molar-refractivity contribution in [3.63, 3.8) is 0 Å². The Morgan fingerprint density at radius 1 is 1.08 bits per heavy atom. The van der Waals surface area contributed by atoms with Gasteiger partial charge in [0.1, 0.15) is 5.75 Å².